The van der Waals surface area contributed by atoms with E-state index in [9.17, 15) is 5.11 Å². The summed E-state index contributed by atoms with van der Waals surface area (Å²) in [4.78, 5) is 4.18. The van der Waals surface area contributed by atoms with Crippen LogP contribution in [0, 0.1) is 0 Å². The van der Waals surface area contributed by atoms with Crippen LogP contribution in [0.5, 0.6) is 0 Å². The molecule has 0 heterocycles. The van der Waals surface area contributed by atoms with Crippen molar-refractivity contribution in [2.24, 2.45) is 0 Å². The van der Waals surface area contributed by atoms with Crippen LogP contribution >= 0.6 is 7.92 Å². The highest BCUT2D eigenvalue weighted by Crippen LogP contribution is 2.62. The first-order valence-electron chi connectivity index (χ1n) is 10.7. The van der Waals surface area contributed by atoms with E-state index in [1.165, 1.54) is 0 Å². The molecule has 0 aromatic heterocycles. The Hall–Kier alpha value is -1.57. The van der Waals surface area contributed by atoms with Crippen LogP contribution < -0.4 is 9.80 Å². The highest BCUT2D eigenvalue weighted by atomic mass is 31.1. The minimum atomic E-state index is -1.03. The highest BCUT2D eigenvalue weighted by Gasteiger charge is 2.42. The van der Waals surface area contributed by atoms with Gasteiger partial charge in [-0.1, -0.05) is 73.7 Å². The summed E-state index contributed by atoms with van der Waals surface area (Å²) >= 11 is 0. The van der Waals surface area contributed by atoms with Gasteiger partial charge < -0.3 is 14.9 Å². The monoisotopic (exact) mass is 428 g/mol. The summed E-state index contributed by atoms with van der Waals surface area (Å²) in [5, 5.41) is 12.6. The average Bonchev–Trinajstić information content (AvgIpc) is 2.64. The van der Waals surface area contributed by atoms with E-state index in [1.54, 1.807) is 0 Å². The van der Waals surface area contributed by atoms with Crippen LogP contribution in [0.15, 0.2) is 48.5 Å². The Morgan fingerprint density at radius 2 is 0.933 bits per heavy atom. The maximum absolute atomic E-state index is 12.3. The highest BCUT2D eigenvalue weighted by molar-refractivity contribution is 7.60. The predicted molar refractivity (Wildman–Crippen MR) is 136 cm³/mol. The zero-order valence-corrected chi connectivity index (χ0v) is 21.5. The normalized spacial score (nSPS) is 12.9. The van der Waals surface area contributed by atoms with Crippen LogP contribution in [0.3, 0.4) is 0 Å². The molecule has 2 aromatic carbocycles. The molecule has 0 unspecified atom stereocenters. The van der Waals surface area contributed by atoms with Crippen LogP contribution in [-0.4, -0.2) is 49.8 Å². The van der Waals surface area contributed by atoms with Gasteiger partial charge in [-0.25, -0.2) is 0 Å². The molecule has 0 atom stereocenters. The van der Waals surface area contributed by atoms with Crippen LogP contribution in [-0.2, 0) is 5.60 Å². The van der Waals surface area contributed by atoms with E-state index in [4.69, 9.17) is 0 Å². The van der Waals surface area contributed by atoms with Gasteiger partial charge in [0.2, 0.25) is 0 Å². The Morgan fingerprint density at radius 1 is 0.633 bits per heavy atom. The standard InChI is InChI=1S/C26H41N2OP/c1-24(2,3)30(25(4,5)6)19-26(29,20-11-15-22(16-12-20)27(7)8)21-13-17-23(18-14-21)28(9)10/h11-18,29H,19H2,1-10H3. The van der Waals surface area contributed by atoms with E-state index in [0.717, 1.165) is 28.7 Å². The number of anilines is 2. The van der Waals surface area contributed by atoms with Crippen molar-refractivity contribution in [3.63, 3.8) is 0 Å². The lowest BCUT2D eigenvalue weighted by molar-refractivity contribution is 0.105. The van der Waals surface area contributed by atoms with Crippen molar-refractivity contribution in [1.29, 1.82) is 0 Å². The van der Waals surface area contributed by atoms with Gasteiger partial charge in [0, 0.05) is 45.7 Å². The number of aliphatic hydroxyl groups is 1. The van der Waals surface area contributed by atoms with Crippen molar-refractivity contribution in [3.05, 3.63) is 59.7 Å². The van der Waals surface area contributed by atoms with Gasteiger partial charge in [-0.15, -0.1) is 0 Å². The van der Waals surface area contributed by atoms with Crippen LogP contribution in [0.4, 0.5) is 11.4 Å². The van der Waals surface area contributed by atoms with E-state index in [-0.39, 0.29) is 10.3 Å². The van der Waals surface area contributed by atoms with Crippen molar-refractivity contribution in [1.82, 2.24) is 0 Å². The van der Waals surface area contributed by atoms with Gasteiger partial charge in [-0.05, 0) is 45.7 Å². The zero-order valence-electron chi connectivity index (χ0n) is 20.6. The Morgan fingerprint density at radius 3 is 1.17 bits per heavy atom. The summed E-state index contributed by atoms with van der Waals surface area (Å²) in [6.45, 7) is 13.9. The van der Waals surface area contributed by atoms with E-state index in [2.05, 4.69) is 99.9 Å². The second kappa shape index (κ2) is 8.89. The van der Waals surface area contributed by atoms with Gasteiger partial charge in [-0.2, -0.15) is 0 Å². The first kappa shape index (κ1) is 24.7. The summed E-state index contributed by atoms with van der Waals surface area (Å²) in [6.07, 6.45) is 0.734. The fourth-order valence-corrected chi connectivity index (χ4v) is 7.91. The van der Waals surface area contributed by atoms with E-state index >= 15 is 0 Å². The number of nitrogens with zero attached hydrogens (tertiary/aromatic N) is 2. The third-order valence-corrected chi connectivity index (χ3v) is 9.74. The van der Waals surface area contributed by atoms with Crippen molar-refractivity contribution < 1.29 is 5.11 Å². The number of benzene rings is 2. The molecular weight excluding hydrogens is 387 g/mol. The fraction of sp³-hybridized carbons (Fsp3) is 0.538. The lowest BCUT2D eigenvalue weighted by Gasteiger charge is -2.46. The lowest BCUT2D eigenvalue weighted by Crippen LogP contribution is -2.38. The van der Waals surface area contributed by atoms with Crippen molar-refractivity contribution in [2.45, 2.75) is 57.5 Å². The summed E-state index contributed by atoms with van der Waals surface area (Å²) in [5.41, 5.74) is 3.18. The molecule has 0 fully saturated rings. The molecule has 2 rings (SSSR count). The molecule has 0 saturated heterocycles. The van der Waals surface area contributed by atoms with Gasteiger partial charge in [-0.3, -0.25) is 0 Å². The molecule has 166 valence electrons. The molecule has 30 heavy (non-hydrogen) atoms. The number of hydrogen-bond acceptors (Lipinski definition) is 3. The molecule has 3 nitrogen and oxygen atoms in total. The second-order valence-electron chi connectivity index (χ2n) is 10.7. The largest absolute Gasteiger partial charge is 0.380 e. The van der Waals surface area contributed by atoms with E-state index < -0.39 is 13.5 Å². The van der Waals surface area contributed by atoms with Gasteiger partial charge in [0.15, 0.2) is 0 Å². The van der Waals surface area contributed by atoms with Crippen LogP contribution in [0.2, 0.25) is 0 Å². The summed E-state index contributed by atoms with van der Waals surface area (Å²) in [7, 11) is 7.68. The maximum atomic E-state index is 12.3. The zero-order chi connectivity index (χ0) is 22.9. The van der Waals surface area contributed by atoms with Crippen molar-refractivity contribution in [3.8, 4) is 0 Å². The molecular formula is C26H41N2OP. The van der Waals surface area contributed by atoms with Gasteiger partial charge in [0.25, 0.3) is 0 Å². The summed E-state index contributed by atoms with van der Waals surface area (Å²) in [6, 6.07) is 16.8. The van der Waals surface area contributed by atoms with Gasteiger partial charge in [0.05, 0.1) is 0 Å². The van der Waals surface area contributed by atoms with E-state index in [0.29, 0.717) is 0 Å². The molecule has 0 radical (unpaired) electrons. The Kier molecular flexibility index (Phi) is 7.32. The number of rotatable bonds is 6. The minimum Gasteiger partial charge on any atom is -0.380 e. The van der Waals surface area contributed by atoms with Crippen molar-refractivity contribution in [2.75, 3.05) is 44.2 Å². The van der Waals surface area contributed by atoms with E-state index in [1.807, 2.05) is 28.2 Å². The molecule has 2 aromatic rings. The SMILES string of the molecule is CN(C)c1ccc(C(O)(CP(C(C)(C)C)C(C)(C)C)c2ccc(N(C)C)cc2)cc1. The summed E-state index contributed by atoms with van der Waals surface area (Å²) in [5.74, 6) is 0. The quantitative estimate of drug-likeness (QED) is 0.560. The second-order valence-corrected chi connectivity index (χ2v) is 14.5. The van der Waals surface area contributed by atoms with Crippen molar-refractivity contribution >= 4 is 19.3 Å². The third-order valence-electron chi connectivity index (χ3n) is 5.73. The Bertz CT molecular complexity index is 747. The molecule has 0 amide bonds. The van der Waals surface area contributed by atoms with Gasteiger partial charge >= 0.3 is 0 Å². The fourth-order valence-electron chi connectivity index (χ4n) is 4.13. The predicted octanol–water partition coefficient (Wildman–Crippen LogP) is 6.13. The Balaban J connectivity index is 2.61. The first-order chi connectivity index (χ1) is 13.7. The lowest BCUT2D eigenvalue weighted by atomic mass is 9.87. The molecule has 0 aliphatic heterocycles. The Labute approximate surface area is 185 Å². The first-order valence-corrected chi connectivity index (χ1v) is 12.2. The number of hydrogen-bond donors (Lipinski definition) is 1. The molecule has 0 aliphatic carbocycles. The molecule has 0 saturated carbocycles. The molecule has 4 heteroatoms. The topological polar surface area (TPSA) is 26.7 Å². The van der Waals surface area contributed by atoms with Gasteiger partial charge in [0.1, 0.15) is 5.60 Å². The average molecular weight is 429 g/mol. The molecule has 0 aliphatic rings. The summed E-state index contributed by atoms with van der Waals surface area (Å²) < 4.78 is 0. The smallest absolute Gasteiger partial charge is 0.119 e. The molecule has 1 N–H and O–H groups in total. The molecule has 0 spiro atoms. The maximum Gasteiger partial charge on any atom is 0.119 e. The third kappa shape index (κ3) is 5.56. The van der Waals surface area contributed by atoms with Crippen LogP contribution in [0.25, 0.3) is 0 Å². The molecule has 0 bridgehead atoms. The minimum absolute atomic E-state index is 0.134. The van der Waals surface area contributed by atoms with Crippen LogP contribution in [0.1, 0.15) is 52.7 Å².